The first-order chi connectivity index (χ1) is 11.0. The summed E-state index contributed by atoms with van der Waals surface area (Å²) in [6.45, 7) is 3.80. The topological polar surface area (TPSA) is 24.7 Å². The Balaban J connectivity index is 0.000000816. The van der Waals surface area contributed by atoms with Crippen molar-refractivity contribution in [2.75, 3.05) is 0 Å². The van der Waals surface area contributed by atoms with E-state index in [1.54, 1.807) is 0 Å². The third-order valence-corrected chi connectivity index (χ3v) is 3.44. The second-order valence-corrected chi connectivity index (χ2v) is 10.1. The van der Waals surface area contributed by atoms with Crippen LogP contribution in [-0.4, -0.2) is 11.4 Å². The molecule has 0 aliphatic rings. The van der Waals surface area contributed by atoms with E-state index in [9.17, 15) is 0 Å². The van der Waals surface area contributed by atoms with Crippen LogP contribution in [0.1, 0.15) is 13.8 Å². The van der Waals surface area contributed by atoms with Crippen LogP contribution in [-0.2, 0) is 10.9 Å². The molecule has 0 spiro atoms. The average molecular weight is 524 g/mol. The van der Waals surface area contributed by atoms with Gasteiger partial charge in [-0.2, -0.15) is 0 Å². The Bertz CT molecular complexity index is 646. The Morgan fingerprint density at radius 1 is 0.783 bits per heavy atom. The second-order valence-electron chi connectivity index (χ2n) is 4.34. The minimum absolute atomic E-state index is 0.623. The maximum absolute atomic E-state index is 6.09. The number of hydrogen-bond acceptors (Lipinski definition) is 2. The predicted molar refractivity (Wildman–Crippen MR) is 106 cm³/mol. The average Bonchev–Trinajstić information content (AvgIpc) is 2.52. The molecular formula is C16H14Br2Cl2N2Ni. The van der Waals surface area contributed by atoms with Crippen molar-refractivity contribution in [2.24, 2.45) is 9.98 Å². The van der Waals surface area contributed by atoms with Crippen molar-refractivity contribution in [3.8, 4) is 0 Å². The molecule has 0 heterocycles. The quantitative estimate of drug-likeness (QED) is 0.293. The summed E-state index contributed by atoms with van der Waals surface area (Å²) in [6, 6.07) is 14.9. The summed E-state index contributed by atoms with van der Waals surface area (Å²) >= 11 is 18.2. The van der Waals surface area contributed by atoms with Crippen LogP contribution in [0.4, 0.5) is 11.4 Å². The van der Waals surface area contributed by atoms with Gasteiger partial charge < -0.3 is 0 Å². The maximum atomic E-state index is 6.09. The molecule has 23 heavy (non-hydrogen) atoms. The van der Waals surface area contributed by atoms with Crippen molar-refractivity contribution >= 4 is 74.5 Å². The van der Waals surface area contributed by atoms with Gasteiger partial charge in [0.05, 0.1) is 32.8 Å². The summed E-state index contributed by atoms with van der Waals surface area (Å²) in [6.07, 6.45) is 0. The Hall–Kier alpha value is -0.186. The van der Waals surface area contributed by atoms with E-state index in [0.29, 0.717) is 10.0 Å². The molecule has 0 bridgehead atoms. The number of halogens is 4. The molecule has 0 atom stereocenters. The Morgan fingerprint density at radius 2 is 1.09 bits per heavy atom. The van der Waals surface area contributed by atoms with Gasteiger partial charge in [-0.15, -0.1) is 0 Å². The molecule has 0 N–H and O–H groups in total. The van der Waals surface area contributed by atoms with E-state index >= 15 is 0 Å². The number of hydrogen-bond donors (Lipinski definition) is 0. The molecule has 0 aromatic heterocycles. The summed E-state index contributed by atoms with van der Waals surface area (Å²) in [5, 5.41) is 1.25. The monoisotopic (exact) mass is 520 g/mol. The van der Waals surface area contributed by atoms with Crippen LogP contribution in [0.5, 0.6) is 0 Å². The van der Waals surface area contributed by atoms with Gasteiger partial charge in [0.1, 0.15) is 0 Å². The summed E-state index contributed by atoms with van der Waals surface area (Å²) in [4.78, 5) is 8.99. The van der Waals surface area contributed by atoms with Crippen molar-refractivity contribution in [1.82, 2.24) is 0 Å². The van der Waals surface area contributed by atoms with E-state index in [1.165, 1.54) is 10.9 Å². The number of para-hydroxylation sites is 2. The zero-order chi connectivity index (χ0) is 17.2. The molecule has 0 amide bonds. The van der Waals surface area contributed by atoms with Gasteiger partial charge in [-0.1, -0.05) is 47.5 Å². The normalized spacial score (nSPS) is 11.9. The Kier molecular flexibility index (Phi) is 10.3. The molecule has 0 aliphatic heterocycles. The van der Waals surface area contributed by atoms with E-state index < -0.39 is 0 Å². The predicted octanol–water partition coefficient (Wildman–Crippen LogP) is 7.57. The summed E-state index contributed by atoms with van der Waals surface area (Å²) < 4.78 is 0. The SMILES string of the molecule is CC(=Nc1ccccc1Cl)C(C)=Nc1ccccc1Cl.[Br][Ni][Br]. The van der Waals surface area contributed by atoms with Gasteiger partial charge in [-0.25, -0.2) is 0 Å². The summed E-state index contributed by atoms with van der Waals surface area (Å²) in [5.74, 6) is 0. The zero-order valence-electron chi connectivity index (χ0n) is 12.3. The van der Waals surface area contributed by atoms with Crippen LogP contribution >= 0.6 is 51.7 Å². The molecule has 2 aromatic rings. The molecule has 2 aromatic carbocycles. The fourth-order valence-corrected chi connectivity index (χ4v) is 1.96. The van der Waals surface area contributed by atoms with E-state index in [1.807, 2.05) is 62.4 Å². The van der Waals surface area contributed by atoms with Gasteiger partial charge in [0.2, 0.25) is 0 Å². The number of benzene rings is 2. The number of nitrogens with zero attached hydrogens (tertiary/aromatic N) is 2. The number of rotatable bonds is 3. The van der Waals surface area contributed by atoms with Gasteiger partial charge >= 0.3 is 39.3 Å². The van der Waals surface area contributed by atoms with Crippen LogP contribution in [0.25, 0.3) is 0 Å². The summed E-state index contributed by atoms with van der Waals surface area (Å²) in [7, 11) is 1.25. The molecular weight excluding hydrogens is 510 g/mol. The van der Waals surface area contributed by atoms with Crippen molar-refractivity contribution in [3.05, 3.63) is 58.6 Å². The van der Waals surface area contributed by atoms with Gasteiger partial charge in [0.25, 0.3) is 0 Å². The van der Waals surface area contributed by atoms with E-state index in [4.69, 9.17) is 23.2 Å². The van der Waals surface area contributed by atoms with E-state index in [0.717, 1.165) is 22.8 Å². The third-order valence-electron chi connectivity index (χ3n) is 2.80. The molecule has 0 saturated heterocycles. The minimum atomic E-state index is 0.623. The van der Waals surface area contributed by atoms with Crippen molar-refractivity contribution in [3.63, 3.8) is 0 Å². The first-order valence-electron chi connectivity index (χ1n) is 6.42. The van der Waals surface area contributed by atoms with Crippen LogP contribution in [0, 0.1) is 0 Å². The molecule has 126 valence electrons. The summed E-state index contributed by atoms with van der Waals surface area (Å²) in [5.41, 5.74) is 3.08. The third kappa shape index (κ3) is 7.49. The molecule has 0 radical (unpaired) electrons. The molecule has 0 unspecified atom stereocenters. The fraction of sp³-hybridized carbons (Fsp3) is 0.125. The first kappa shape index (κ1) is 20.9. The molecule has 0 fully saturated rings. The Labute approximate surface area is 166 Å². The second kappa shape index (κ2) is 11.4. The van der Waals surface area contributed by atoms with E-state index in [-0.39, 0.29) is 0 Å². The Morgan fingerprint density at radius 3 is 1.39 bits per heavy atom. The van der Waals surface area contributed by atoms with Crippen LogP contribution in [0.2, 0.25) is 10.0 Å². The van der Waals surface area contributed by atoms with Crippen molar-refractivity contribution < 1.29 is 10.9 Å². The molecule has 2 nitrogen and oxygen atoms in total. The fourth-order valence-electron chi connectivity index (χ4n) is 1.61. The van der Waals surface area contributed by atoms with Gasteiger partial charge in [0.15, 0.2) is 0 Å². The van der Waals surface area contributed by atoms with Crippen molar-refractivity contribution in [1.29, 1.82) is 0 Å². The van der Waals surface area contributed by atoms with Crippen molar-refractivity contribution in [2.45, 2.75) is 13.8 Å². The van der Waals surface area contributed by atoms with Crippen LogP contribution in [0.15, 0.2) is 58.5 Å². The van der Waals surface area contributed by atoms with Gasteiger partial charge in [-0.05, 0) is 38.1 Å². The van der Waals surface area contributed by atoms with Gasteiger partial charge in [0, 0.05) is 0 Å². The van der Waals surface area contributed by atoms with E-state index in [2.05, 4.69) is 38.4 Å². The molecule has 2 rings (SSSR count). The molecule has 0 saturated carbocycles. The molecule has 7 heteroatoms. The van der Waals surface area contributed by atoms with Gasteiger partial charge in [-0.3, -0.25) is 9.98 Å². The van der Waals surface area contributed by atoms with Crippen LogP contribution in [0.3, 0.4) is 0 Å². The first-order valence-corrected chi connectivity index (χ1v) is 12.1. The standard InChI is InChI=1S/C16H14Cl2N2.2BrH.Ni/c1-11(19-15-9-5-3-7-13(15)17)12(2)20-16-10-6-4-8-14(16)18;;;/h3-10H,1-2H3;2*1H;/q;;;+2/p-2. The van der Waals surface area contributed by atoms with Crippen LogP contribution < -0.4 is 0 Å². The molecule has 0 aliphatic carbocycles. The number of aliphatic imine (C=N–C) groups is 2. The zero-order valence-corrected chi connectivity index (χ0v) is 18.0.